The van der Waals surface area contributed by atoms with Crippen molar-refractivity contribution in [3.63, 3.8) is 0 Å². The summed E-state index contributed by atoms with van der Waals surface area (Å²) in [7, 11) is 1.53. The molecular weight excluding hydrogens is 298 g/mol. The van der Waals surface area contributed by atoms with Gasteiger partial charge in [-0.1, -0.05) is 30.3 Å². The molecule has 2 N–H and O–H groups in total. The highest BCUT2D eigenvalue weighted by Crippen LogP contribution is 2.35. The zero-order chi connectivity index (χ0) is 16.4. The SMILES string of the molecule is COc1ccc2c(C(=O)OC(N)=O)c(-c3ccccc3)oc2c1. The number of methoxy groups -OCH3 is 1. The number of hydrogen-bond acceptors (Lipinski definition) is 5. The highest BCUT2D eigenvalue weighted by molar-refractivity contribution is 6.11. The number of carbonyl (C=O) groups is 2. The average Bonchev–Trinajstić information content (AvgIpc) is 2.93. The first kappa shape index (κ1) is 14.6. The largest absolute Gasteiger partial charge is 0.497 e. The van der Waals surface area contributed by atoms with Crippen LogP contribution in [0.3, 0.4) is 0 Å². The fraction of sp³-hybridized carbons (Fsp3) is 0.0588. The molecule has 1 aromatic heterocycles. The van der Waals surface area contributed by atoms with Crippen LogP contribution in [0.25, 0.3) is 22.3 Å². The number of amides is 1. The van der Waals surface area contributed by atoms with Crippen LogP contribution in [0, 0.1) is 0 Å². The highest BCUT2D eigenvalue weighted by atomic mass is 16.6. The Balaban J connectivity index is 2.24. The summed E-state index contributed by atoms with van der Waals surface area (Å²) in [6.45, 7) is 0. The van der Waals surface area contributed by atoms with Crippen LogP contribution in [0.2, 0.25) is 0 Å². The van der Waals surface area contributed by atoms with E-state index in [-0.39, 0.29) is 5.56 Å². The first-order valence-electron chi connectivity index (χ1n) is 6.77. The maximum Gasteiger partial charge on any atom is 0.412 e. The van der Waals surface area contributed by atoms with Crippen LogP contribution < -0.4 is 10.5 Å². The van der Waals surface area contributed by atoms with Gasteiger partial charge >= 0.3 is 12.1 Å². The number of primary amides is 1. The smallest absolute Gasteiger partial charge is 0.412 e. The van der Waals surface area contributed by atoms with Crippen LogP contribution in [0.4, 0.5) is 4.79 Å². The van der Waals surface area contributed by atoms with Crippen LogP contribution in [-0.2, 0) is 4.74 Å². The lowest BCUT2D eigenvalue weighted by Crippen LogP contribution is -2.18. The predicted molar refractivity (Wildman–Crippen MR) is 83.2 cm³/mol. The standard InChI is InChI=1S/C17H13NO5/c1-21-11-7-8-12-13(9-11)22-15(10-5-3-2-4-6-10)14(12)16(19)23-17(18)20/h2-9H,1H3,(H2,18,20). The molecule has 2 aromatic carbocycles. The van der Waals surface area contributed by atoms with E-state index in [0.29, 0.717) is 28.0 Å². The number of furan rings is 1. The first-order chi connectivity index (χ1) is 11.1. The monoisotopic (exact) mass is 311 g/mol. The molecule has 116 valence electrons. The summed E-state index contributed by atoms with van der Waals surface area (Å²) in [4.78, 5) is 23.2. The zero-order valence-electron chi connectivity index (χ0n) is 12.2. The molecule has 0 aliphatic carbocycles. The van der Waals surface area contributed by atoms with Gasteiger partial charge in [-0.15, -0.1) is 0 Å². The Morgan fingerprint density at radius 1 is 1.09 bits per heavy atom. The fourth-order valence-corrected chi connectivity index (χ4v) is 2.34. The van der Waals surface area contributed by atoms with Gasteiger partial charge in [-0.05, 0) is 12.1 Å². The Morgan fingerprint density at radius 3 is 2.48 bits per heavy atom. The van der Waals surface area contributed by atoms with Gasteiger partial charge in [0.05, 0.1) is 7.11 Å². The van der Waals surface area contributed by atoms with E-state index in [4.69, 9.17) is 14.9 Å². The molecule has 0 aliphatic rings. The van der Waals surface area contributed by atoms with Gasteiger partial charge in [-0.25, -0.2) is 9.59 Å². The molecule has 0 spiro atoms. The minimum absolute atomic E-state index is 0.146. The van der Waals surface area contributed by atoms with Crippen LogP contribution in [0.1, 0.15) is 10.4 Å². The lowest BCUT2D eigenvalue weighted by atomic mass is 10.1. The zero-order valence-corrected chi connectivity index (χ0v) is 12.2. The molecule has 0 aliphatic heterocycles. The lowest BCUT2D eigenvalue weighted by molar-refractivity contribution is 0.0640. The third kappa shape index (κ3) is 2.74. The van der Waals surface area contributed by atoms with E-state index >= 15 is 0 Å². The Kier molecular flexibility index (Phi) is 3.72. The second kappa shape index (κ2) is 5.84. The first-order valence-corrected chi connectivity index (χ1v) is 6.77. The molecule has 0 fully saturated rings. The molecule has 1 amide bonds. The molecule has 3 aromatic rings. The molecule has 0 atom stereocenters. The summed E-state index contributed by atoms with van der Waals surface area (Å²) in [5, 5.41) is 0.510. The van der Waals surface area contributed by atoms with Gasteiger partial charge in [0.15, 0.2) is 0 Å². The number of carbonyl (C=O) groups excluding carboxylic acids is 2. The van der Waals surface area contributed by atoms with Gasteiger partial charge in [-0.3, -0.25) is 0 Å². The van der Waals surface area contributed by atoms with Gasteiger partial charge in [0.1, 0.15) is 22.7 Å². The predicted octanol–water partition coefficient (Wildman–Crippen LogP) is 3.34. The van der Waals surface area contributed by atoms with Crippen LogP contribution in [0.15, 0.2) is 52.9 Å². The van der Waals surface area contributed by atoms with Crippen molar-refractivity contribution >= 4 is 23.0 Å². The van der Waals surface area contributed by atoms with E-state index < -0.39 is 12.1 Å². The van der Waals surface area contributed by atoms with E-state index in [9.17, 15) is 9.59 Å². The van der Waals surface area contributed by atoms with E-state index in [0.717, 1.165) is 0 Å². The van der Waals surface area contributed by atoms with Crippen molar-refractivity contribution in [2.24, 2.45) is 5.73 Å². The number of esters is 1. The highest BCUT2D eigenvalue weighted by Gasteiger charge is 2.24. The van der Waals surface area contributed by atoms with Crippen LogP contribution >= 0.6 is 0 Å². The number of rotatable bonds is 3. The topological polar surface area (TPSA) is 91.8 Å². The fourth-order valence-electron chi connectivity index (χ4n) is 2.34. The molecule has 1 heterocycles. The van der Waals surface area contributed by atoms with Crippen molar-refractivity contribution < 1.29 is 23.5 Å². The molecule has 3 rings (SSSR count). The maximum atomic E-state index is 12.3. The second-order valence-electron chi connectivity index (χ2n) is 4.74. The van der Waals surface area contributed by atoms with Crippen LogP contribution in [0.5, 0.6) is 5.75 Å². The lowest BCUT2D eigenvalue weighted by Gasteiger charge is -2.02. The van der Waals surface area contributed by atoms with E-state index in [1.54, 1.807) is 30.3 Å². The van der Waals surface area contributed by atoms with Gasteiger partial charge in [0, 0.05) is 17.0 Å². The third-order valence-corrected chi connectivity index (χ3v) is 3.33. The quantitative estimate of drug-likeness (QED) is 0.591. The van der Waals surface area contributed by atoms with E-state index in [1.807, 2.05) is 18.2 Å². The average molecular weight is 311 g/mol. The molecule has 6 nitrogen and oxygen atoms in total. The Bertz CT molecular complexity index is 883. The summed E-state index contributed by atoms with van der Waals surface area (Å²) in [5.41, 5.74) is 6.22. The summed E-state index contributed by atoms with van der Waals surface area (Å²) in [6.07, 6.45) is -1.17. The number of fused-ring (bicyclic) bond motifs is 1. The molecule has 0 radical (unpaired) electrons. The summed E-state index contributed by atoms with van der Waals surface area (Å²) in [5.74, 6) is 0.0288. The molecule has 0 saturated heterocycles. The van der Waals surface area contributed by atoms with Crippen molar-refractivity contribution in [2.45, 2.75) is 0 Å². The molecule has 23 heavy (non-hydrogen) atoms. The van der Waals surface area contributed by atoms with Crippen LogP contribution in [-0.4, -0.2) is 19.2 Å². The Hall–Kier alpha value is -3.28. The molecule has 0 bridgehead atoms. The van der Waals surface area contributed by atoms with E-state index in [1.165, 1.54) is 7.11 Å². The normalized spacial score (nSPS) is 10.5. The molecule has 0 unspecified atom stereocenters. The number of benzene rings is 2. The Morgan fingerprint density at radius 2 is 1.83 bits per heavy atom. The number of nitrogens with two attached hydrogens (primary N) is 1. The van der Waals surface area contributed by atoms with Crippen molar-refractivity contribution in [2.75, 3.05) is 7.11 Å². The van der Waals surface area contributed by atoms with E-state index in [2.05, 4.69) is 4.74 Å². The van der Waals surface area contributed by atoms with Crippen molar-refractivity contribution in [3.8, 4) is 17.1 Å². The number of hydrogen-bond donors (Lipinski definition) is 1. The number of ether oxygens (including phenoxy) is 2. The minimum Gasteiger partial charge on any atom is -0.497 e. The van der Waals surface area contributed by atoms with Crippen molar-refractivity contribution in [1.29, 1.82) is 0 Å². The second-order valence-corrected chi connectivity index (χ2v) is 4.74. The minimum atomic E-state index is -1.17. The van der Waals surface area contributed by atoms with Crippen molar-refractivity contribution in [3.05, 3.63) is 54.1 Å². The van der Waals surface area contributed by atoms with Gasteiger partial charge in [-0.2, -0.15) is 0 Å². The Labute approximate surface area is 131 Å². The summed E-state index contributed by atoms with van der Waals surface area (Å²) >= 11 is 0. The molecule has 0 saturated carbocycles. The molecular formula is C17H13NO5. The summed E-state index contributed by atoms with van der Waals surface area (Å²) < 4.78 is 15.5. The van der Waals surface area contributed by atoms with Gasteiger partial charge in [0.2, 0.25) is 0 Å². The van der Waals surface area contributed by atoms with Gasteiger partial charge in [0.25, 0.3) is 0 Å². The maximum absolute atomic E-state index is 12.3. The molecule has 6 heteroatoms. The van der Waals surface area contributed by atoms with Gasteiger partial charge < -0.3 is 19.6 Å². The van der Waals surface area contributed by atoms with Crippen molar-refractivity contribution in [1.82, 2.24) is 0 Å². The summed E-state index contributed by atoms with van der Waals surface area (Å²) in [6, 6.07) is 14.1. The third-order valence-electron chi connectivity index (χ3n) is 3.33.